The number of nitrogens with one attached hydrogen (secondary N) is 1. The van der Waals surface area contributed by atoms with E-state index in [-0.39, 0.29) is 30.0 Å². The molecule has 3 aromatic rings. The quantitative estimate of drug-likeness (QED) is 0.356. The Kier molecular flexibility index (Phi) is 9.28. The standard InChI is InChI=1S/C29H25F8N3O5/c1-14-9-18(28(32,33)34)23(26(42)39(14)2)16-5-3-15(4-6-16)10-21(27(43)44)38-25(41)24-19(30)11-17(12-20(24)31)40-7-8-45-13-22(40)29(35,36)37/h3-6,9,11-12,21-22H,7-8,10,13H2,1-2H3,(H,38,41)(H,43,44). The lowest BCUT2D eigenvalue weighted by Gasteiger charge is -2.38. The van der Waals surface area contributed by atoms with Crippen LogP contribution in [0.4, 0.5) is 40.8 Å². The first-order chi connectivity index (χ1) is 20.9. The lowest BCUT2D eigenvalue weighted by atomic mass is 9.97. The van der Waals surface area contributed by atoms with E-state index in [4.69, 9.17) is 4.74 Å². The second-order valence-corrected chi connectivity index (χ2v) is 10.3. The Morgan fingerprint density at radius 2 is 1.64 bits per heavy atom. The van der Waals surface area contributed by atoms with Crippen LogP contribution in [0.25, 0.3) is 11.1 Å². The fourth-order valence-electron chi connectivity index (χ4n) is 4.92. The molecule has 2 aromatic carbocycles. The van der Waals surface area contributed by atoms with E-state index in [2.05, 4.69) is 0 Å². The summed E-state index contributed by atoms with van der Waals surface area (Å²) in [6.07, 6.45) is -10.1. The first kappa shape index (κ1) is 33.4. The lowest BCUT2D eigenvalue weighted by Crippen LogP contribution is -2.53. The molecule has 1 saturated heterocycles. The van der Waals surface area contributed by atoms with Crippen LogP contribution in [0.5, 0.6) is 0 Å². The summed E-state index contributed by atoms with van der Waals surface area (Å²) in [5.74, 6) is -6.21. The second-order valence-electron chi connectivity index (χ2n) is 10.3. The minimum absolute atomic E-state index is 0.0712. The molecule has 1 aromatic heterocycles. The summed E-state index contributed by atoms with van der Waals surface area (Å²) in [5.41, 5.74) is -4.30. The fourth-order valence-corrected chi connectivity index (χ4v) is 4.92. The van der Waals surface area contributed by atoms with E-state index in [0.717, 1.165) is 22.8 Å². The molecule has 1 aliphatic rings. The van der Waals surface area contributed by atoms with Gasteiger partial charge in [0.15, 0.2) is 0 Å². The third-order valence-electron chi connectivity index (χ3n) is 7.35. The van der Waals surface area contributed by atoms with Crippen LogP contribution in [-0.2, 0) is 29.2 Å². The Bertz CT molecular complexity index is 1650. The molecule has 0 radical (unpaired) electrons. The number of carbonyl (C=O) groups is 2. The van der Waals surface area contributed by atoms with Gasteiger partial charge in [-0.15, -0.1) is 0 Å². The molecule has 1 aliphatic heterocycles. The van der Waals surface area contributed by atoms with Crippen LogP contribution in [0.3, 0.4) is 0 Å². The normalized spacial score (nSPS) is 16.4. The average Bonchev–Trinajstić information content (AvgIpc) is 2.94. The van der Waals surface area contributed by atoms with Crippen LogP contribution < -0.4 is 15.8 Å². The molecule has 0 bridgehead atoms. The molecule has 1 amide bonds. The van der Waals surface area contributed by atoms with Crippen molar-refractivity contribution in [1.29, 1.82) is 0 Å². The highest BCUT2D eigenvalue weighted by atomic mass is 19.4. The van der Waals surface area contributed by atoms with E-state index >= 15 is 0 Å². The van der Waals surface area contributed by atoms with Crippen molar-refractivity contribution in [2.45, 2.75) is 37.8 Å². The van der Waals surface area contributed by atoms with Gasteiger partial charge in [-0.25, -0.2) is 13.6 Å². The summed E-state index contributed by atoms with van der Waals surface area (Å²) in [7, 11) is 1.30. The second kappa shape index (κ2) is 12.5. The van der Waals surface area contributed by atoms with Gasteiger partial charge in [0.1, 0.15) is 29.3 Å². The van der Waals surface area contributed by atoms with Gasteiger partial charge in [0.25, 0.3) is 11.5 Å². The van der Waals surface area contributed by atoms with Gasteiger partial charge in [0.2, 0.25) is 0 Å². The van der Waals surface area contributed by atoms with Crippen molar-refractivity contribution in [3.05, 3.63) is 86.8 Å². The molecule has 4 rings (SSSR count). The third-order valence-corrected chi connectivity index (χ3v) is 7.35. The van der Waals surface area contributed by atoms with Gasteiger partial charge in [0.05, 0.1) is 24.3 Å². The van der Waals surface area contributed by atoms with Crippen LogP contribution in [-0.4, -0.2) is 59.6 Å². The fraction of sp³-hybridized carbons (Fsp3) is 0.345. The van der Waals surface area contributed by atoms with Crippen molar-refractivity contribution in [1.82, 2.24) is 9.88 Å². The summed E-state index contributed by atoms with van der Waals surface area (Å²) in [5, 5.41) is 11.6. The summed E-state index contributed by atoms with van der Waals surface area (Å²) < 4.78 is 117. The number of amides is 1. The number of rotatable bonds is 7. The minimum Gasteiger partial charge on any atom is -0.480 e. The highest BCUT2D eigenvalue weighted by Gasteiger charge is 2.46. The molecule has 0 spiro atoms. The van der Waals surface area contributed by atoms with Gasteiger partial charge in [0, 0.05) is 31.4 Å². The zero-order chi connectivity index (χ0) is 33.4. The average molecular weight is 648 g/mol. The molecular formula is C29H25F8N3O5. The van der Waals surface area contributed by atoms with Crippen LogP contribution >= 0.6 is 0 Å². The lowest BCUT2D eigenvalue weighted by molar-refractivity contribution is -0.167. The molecule has 242 valence electrons. The minimum atomic E-state index is -4.85. The van der Waals surface area contributed by atoms with Gasteiger partial charge in [-0.05, 0) is 36.2 Å². The van der Waals surface area contributed by atoms with Crippen LogP contribution in [0.2, 0.25) is 0 Å². The Morgan fingerprint density at radius 1 is 1.04 bits per heavy atom. The monoisotopic (exact) mass is 647 g/mol. The summed E-state index contributed by atoms with van der Waals surface area (Å²) in [6, 6.07) is 2.68. The van der Waals surface area contributed by atoms with Crippen LogP contribution in [0.15, 0.2) is 47.3 Å². The number of aromatic nitrogens is 1. The highest BCUT2D eigenvalue weighted by molar-refractivity contribution is 5.97. The molecule has 8 nitrogen and oxygen atoms in total. The summed E-state index contributed by atoms with van der Waals surface area (Å²) >= 11 is 0. The molecule has 2 N–H and O–H groups in total. The van der Waals surface area contributed by atoms with Crippen molar-refractivity contribution < 1.29 is 54.6 Å². The van der Waals surface area contributed by atoms with Gasteiger partial charge in [-0.3, -0.25) is 9.59 Å². The molecule has 2 heterocycles. The first-order valence-electron chi connectivity index (χ1n) is 13.2. The number of ether oxygens (including phenoxy) is 1. The van der Waals surface area contributed by atoms with Gasteiger partial charge < -0.3 is 24.6 Å². The molecule has 2 atom stereocenters. The van der Waals surface area contributed by atoms with Gasteiger partial charge in [-0.1, -0.05) is 24.3 Å². The number of carboxylic acid groups (broad SMARTS) is 1. The van der Waals surface area contributed by atoms with Crippen molar-refractivity contribution in [2.24, 2.45) is 7.05 Å². The van der Waals surface area contributed by atoms with E-state index in [1.807, 2.05) is 5.32 Å². The Balaban J connectivity index is 1.56. The largest absolute Gasteiger partial charge is 0.480 e. The SMILES string of the molecule is Cc1cc(C(F)(F)F)c(-c2ccc(CC(NC(=O)c3c(F)cc(N4CCOCC4C(F)(F)F)cc3F)C(=O)O)cc2)c(=O)n1C. The number of aliphatic carboxylic acids is 1. The number of pyridine rings is 1. The summed E-state index contributed by atoms with van der Waals surface area (Å²) in [6.45, 7) is 0.0691. The number of benzene rings is 2. The predicted molar refractivity (Wildman–Crippen MR) is 144 cm³/mol. The highest BCUT2D eigenvalue weighted by Crippen LogP contribution is 2.36. The summed E-state index contributed by atoms with van der Waals surface area (Å²) in [4.78, 5) is 38.0. The van der Waals surface area contributed by atoms with Gasteiger partial charge in [-0.2, -0.15) is 26.3 Å². The molecule has 2 unspecified atom stereocenters. The maximum absolute atomic E-state index is 14.9. The molecule has 0 saturated carbocycles. The van der Waals surface area contributed by atoms with E-state index in [0.29, 0.717) is 17.0 Å². The molecule has 0 aliphatic carbocycles. The number of aryl methyl sites for hydroxylation is 1. The molecule has 1 fully saturated rings. The van der Waals surface area contributed by atoms with Crippen LogP contribution in [0, 0.1) is 18.6 Å². The zero-order valence-corrected chi connectivity index (χ0v) is 23.5. The smallest absolute Gasteiger partial charge is 0.417 e. The number of nitrogens with zero attached hydrogens (tertiary/aromatic N) is 2. The number of halogens is 8. The Labute approximate surface area is 249 Å². The number of hydrogen-bond acceptors (Lipinski definition) is 5. The number of alkyl halides is 6. The van der Waals surface area contributed by atoms with Gasteiger partial charge >= 0.3 is 18.3 Å². The van der Waals surface area contributed by atoms with Crippen molar-refractivity contribution in [3.63, 3.8) is 0 Å². The van der Waals surface area contributed by atoms with E-state index < -0.39 is 88.9 Å². The Hall–Kier alpha value is -4.47. The van der Waals surface area contributed by atoms with Crippen molar-refractivity contribution in [2.75, 3.05) is 24.7 Å². The first-order valence-corrected chi connectivity index (χ1v) is 13.2. The topological polar surface area (TPSA) is 101 Å². The van der Waals surface area contributed by atoms with E-state index in [9.17, 15) is 54.6 Å². The predicted octanol–water partition coefficient (Wildman–Crippen LogP) is 4.85. The number of carboxylic acids is 1. The molecular weight excluding hydrogens is 622 g/mol. The zero-order valence-electron chi connectivity index (χ0n) is 23.5. The third kappa shape index (κ3) is 7.10. The van der Waals surface area contributed by atoms with Crippen molar-refractivity contribution >= 4 is 17.6 Å². The molecule has 45 heavy (non-hydrogen) atoms. The van der Waals surface area contributed by atoms with Crippen molar-refractivity contribution in [3.8, 4) is 11.1 Å². The number of anilines is 1. The number of carbonyl (C=O) groups excluding carboxylic acids is 1. The number of hydrogen-bond donors (Lipinski definition) is 2. The maximum Gasteiger partial charge on any atom is 0.417 e. The molecule has 16 heteroatoms. The number of morpholine rings is 1. The Morgan fingerprint density at radius 3 is 2.18 bits per heavy atom. The van der Waals surface area contributed by atoms with E-state index in [1.165, 1.54) is 26.1 Å². The van der Waals surface area contributed by atoms with Crippen LogP contribution in [0.1, 0.15) is 27.2 Å². The maximum atomic E-state index is 14.9. The van der Waals surface area contributed by atoms with E-state index in [1.54, 1.807) is 0 Å².